The third-order valence-electron chi connectivity index (χ3n) is 6.05. The number of rotatable bonds is 7. The summed E-state index contributed by atoms with van der Waals surface area (Å²) in [5.74, 6) is -1.15. The van der Waals surface area contributed by atoms with Crippen molar-refractivity contribution in [1.29, 1.82) is 0 Å². The molecular formula is C24H28N4O3. The van der Waals surface area contributed by atoms with E-state index in [1.807, 2.05) is 14.1 Å². The summed E-state index contributed by atoms with van der Waals surface area (Å²) in [4.78, 5) is 43.1. The molecule has 0 spiro atoms. The smallest absolute Gasteiger partial charge is 0.262 e. The number of fused-ring (bicyclic) bond motifs is 1. The molecular weight excluding hydrogens is 392 g/mol. The first-order chi connectivity index (χ1) is 15.0. The van der Waals surface area contributed by atoms with Gasteiger partial charge in [-0.05, 0) is 55.8 Å². The summed E-state index contributed by atoms with van der Waals surface area (Å²) in [5, 5.41) is 2.95. The maximum absolute atomic E-state index is 12.7. The Bertz CT molecular complexity index is 946. The van der Waals surface area contributed by atoms with E-state index in [9.17, 15) is 14.4 Å². The number of carbonyl (C=O) groups excluding carboxylic acids is 3. The second-order valence-electron chi connectivity index (χ2n) is 8.29. The van der Waals surface area contributed by atoms with Crippen molar-refractivity contribution in [2.45, 2.75) is 18.9 Å². The molecule has 1 saturated heterocycles. The van der Waals surface area contributed by atoms with E-state index >= 15 is 0 Å². The minimum absolute atomic E-state index is 0.0600. The van der Waals surface area contributed by atoms with E-state index in [1.165, 1.54) is 0 Å². The molecule has 2 heterocycles. The van der Waals surface area contributed by atoms with Gasteiger partial charge in [0.2, 0.25) is 5.91 Å². The van der Waals surface area contributed by atoms with Crippen molar-refractivity contribution in [3.05, 3.63) is 65.2 Å². The molecule has 31 heavy (non-hydrogen) atoms. The summed E-state index contributed by atoms with van der Waals surface area (Å²) in [6.45, 7) is 2.16. The summed E-state index contributed by atoms with van der Waals surface area (Å²) in [6.07, 6.45) is 2.30. The molecule has 4 rings (SSSR count). The second kappa shape index (κ2) is 8.89. The Hall–Kier alpha value is -3.19. The number of benzene rings is 2. The van der Waals surface area contributed by atoms with Gasteiger partial charge in [0, 0.05) is 26.3 Å². The molecule has 0 radical (unpaired) electrons. The number of anilines is 1. The predicted molar refractivity (Wildman–Crippen MR) is 119 cm³/mol. The predicted octanol–water partition coefficient (Wildman–Crippen LogP) is 2.30. The van der Waals surface area contributed by atoms with Gasteiger partial charge in [0.15, 0.2) is 0 Å². The van der Waals surface area contributed by atoms with Crippen molar-refractivity contribution in [1.82, 2.24) is 15.1 Å². The van der Waals surface area contributed by atoms with Crippen LogP contribution in [0.4, 0.5) is 5.69 Å². The van der Waals surface area contributed by atoms with Crippen LogP contribution in [0, 0.1) is 0 Å². The average molecular weight is 421 g/mol. The normalized spacial score (nSPS) is 17.0. The maximum atomic E-state index is 12.7. The molecule has 0 bridgehead atoms. The lowest BCUT2D eigenvalue weighted by Crippen LogP contribution is -2.43. The highest BCUT2D eigenvalue weighted by atomic mass is 16.2. The first kappa shape index (κ1) is 21.1. The standard InChI is InChI=1S/C24H28N4O3/c1-26(2)18-11-9-17(10-12-18)21(27-13-5-6-14-27)15-25-22(29)16-28-23(30)19-7-3-4-8-20(19)24(28)31/h3-4,7-12,21H,5-6,13-16H2,1-2H3,(H,25,29)/t21-/m0/s1. The van der Waals surface area contributed by atoms with Gasteiger partial charge in [-0.25, -0.2) is 0 Å². The Morgan fingerprint density at radius 3 is 2.10 bits per heavy atom. The zero-order valence-electron chi connectivity index (χ0n) is 18.0. The van der Waals surface area contributed by atoms with Crippen LogP contribution in [0.5, 0.6) is 0 Å². The number of imide groups is 1. The average Bonchev–Trinajstić information content (AvgIpc) is 3.38. The van der Waals surface area contributed by atoms with Gasteiger partial charge in [-0.15, -0.1) is 0 Å². The molecule has 2 aliphatic heterocycles. The van der Waals surface area contributed by atoms with Gasteiger partial charge < -0.3 is 10.2 Å². The summed E-state index contributed by atoms with van der Waals surface area (Å²) in [7, 11) is 4.01. The molecule has 3 amide bonds. The number of hydrogen-bond donors (Lipinski definition) is 1. The van der Waals surface area contributed by atoms with Crippen molar-refractivity contribution in [2.75, 3.05) is 45.2 Å². The lowest BCUT2D eigenvalue weighted by molar-refractivity contribution is -0.121. The number of hydrogen-bond acceptors (Lipinski definition) is 5. The minimum atomic E-state index is -0.411. The molecule has 0 unspecified atom stereocenters. The van der Waals surface area contributed by atoms with Gasteiger partial charge in [0.05, 0.1) is 17.2 Å². The number of amides is 3. The zero-order valence-corrected chi connectivity index (χ0v) is 18.0. The fourth-order valence-corrected chi connectivity index (χ4v) is 4.30. The van der Waals surface area contributed by atoms with Gasteiger partial charge >= 0.3 is 0 Å². The van der Waals surface area contributed by atoms with Crippen LogP contribution in [-0.2, 0) is 4.79 Å². The zero-order chi connectivity index (χ0) is 22.0. The van der Waals surface area contributed by atoms with E-state index in [4.69, 9.17) is 0 Å². The summed E-state index contributed by atoms with van der Waals surface area (Å²) in [5.41, 5.74) is 2.99. The van der Waals surface area contributed by atoms with E-state index in [0.717, 1.165) is 42.1 Å². The van der Waals surface area contributed by atoms with Gasteiger partial charge in [0.25, 0.3) is 11.8 Å². The van der Waals surface area contributed by atoms with E-state index in [0.29, 0.717) is 17.7 Å². The highest BCUT2D eigenvalue weighted by Crippen LogP contribution is 2.26. The third kappa shape index (κ3) is 4.32. The molecule has 1 atom stereocenters. The molecule has 2 aromatic carbocycles. The van der Waals surface area contributed by atoms with Crippen LogP contribution < -0.4 is 10.2 Å². The van der Waals surface area contributed by atoms with Crippen LogP contribution >= 0.6 is 0 Å². The monoisotopic (exact) mass is 420 g/mol. The molecule has 0 aromatic heterocycles. The van der Waals surface area contributed by atoms with Crippen molar-refractivity contribution in [2.24, 2.45) is 0 Å². The molecule has 7 heteroatoms. The molecule has 1 N–H and O–H groups in total. The van der Waals surface area contributed by atoms with Gasteiger partial charge in [-0.1, -0.05) is 24.3 Å². The Balaban J connectivity index is 1.42. The molecule has 162 valence electrons. The van der Waals surface area contributed by atoms with E-state index in [1.54, 1.807) is 24.3 Å². The quantitative estimate of drug-likeness (QED) is 0.696. The van der Waals surface area contributed by atoms with Crippen molar-refractivity contribution in [3.8, 4) is 0 Å². The molecule has 7 nitrogen and oxygen atoms in total. The Morgan fingerprint density at radius 1 is 0.968 bits per heavy atom. The molecule has 1 fully saturated rings. The van der Waals surface area contributed by atoms with E-state index in [-0.39, 0.29) is 18.5 Å². The molecule has 2 aliphatic rings. The van der Waals surface area contributed by atoms with Gasteiger partial charge in [0.1, 0.15) is 6.54 Å². The lowest BCUT2D eigenvalue weighted by Gasteiger charge is -2.29. The van der Waals surface area contributed by atoms with Crippen LogP contribution in [0.1, 0.15) is 45.2 Å². The van der Waals surface area contributed by atoms with Crippen molar-refractivity contribution < 1.29 is 14.4 Å². The van der Waals surface area contributed by atoms with Crippen molar-refractivity contribution in [3.63, 3.8) is 0 Å². The Morgan fingerprint density at radius 2 is 1.55 bits per heavy atom. The van der Waals surface area contributed by atoms with Crippen LogP contribution in [-0.4, -0.2) is 67.8 Å². The van der Waals surface area contributed by atoms with Crippen LogP contribution in [0.15, 0.2) is 48.5 Å². The number of nitrogens with one attached hydrogen (secondary N) is 1. The van der Waals surface area contributed by atoms with E-state index < -0.39 is 11.8 Å². The second-order valence-corrected chi connectivity index (χ2v) is 8.29. The highest BCUT2D eigenvalue weighted by Gasteiger charge is 2.36. The topological polar surface area (TPSA) is 73.0 Å². The Kier molecular flexibility index (Phi) is 6.04. The van der Waals surface area contributed by atoms with Gasteiger partial charge in [-0.3, -0.25) is 24.2 Å². The van der Waals surface area contributed by atoms with Crippen LogP contribution in [0.3, 0.4) is 0 Å². The molecule has 0 aliphatic carbocycles. The SMILES string of the molecule is CN(C)c1ccc([C@H](CNC(=O)CN2C(=O)c3ccccc3C2=O)N2CCCC2)cc1. The largest absolute Gasteiger partial charge is 0.378 e. The lowest BCUT2D eigenvalue weighted by atomic mass is 10.0. The highest BCUT2D eigenvalue weighted by molar-refractivity contribution is 6.22. The van der Waals surface area contributed by atoms with Crippen molar-refractivity contribution >= 4 is 23.4 Å². The molecule has 2 aromatic rings. The Labute approximate surface area is 182 Å². The third-order valence-corrected chi connectivity index (χ3v) is 6.05. The van der Waals surface area contributed by atoms with E-state index in [2.05, 4.69) is 39.4 Å². The first-order valence-electron chi connectivity index (χ1n) is 10.7. The summed E-state index contributed by atoms with van der Waals surface area (Å²) >= 11 is 0. The fourth-order valence-electron chi connectivity index (χ4n) is 4.30. The summed E-state index contributed by atoms with van der Waals surface area (Å²) in [6, 6.07) is 15.1. The number of nitrogens with zero attached hydrogens (tertiary/aromatic N) is 3. The molecule has 0 saturated carbocycles. The van der Waals surface area contributed by atoms with Crippen LogP contribution in [0.25, 0.3) is 0 Å². The number of likely N-dealkylation sites (tertiary alicyclic amines) is 1. The summed E-state index contributed by atoms with van der Waals surface area (Å²) < 4.78 is 0. The fraction of sp³-hybridized carbons (Fsp3) is 0.375. The van der Waals surface area contributed by atoms with Crippen LogP contribution in [0.2, 0.25) is 0 Å². The minimum Gasteiger partial charge on any atom is -0.378 e. The maximum Gasteiger partial charge on any atom is 0.262 e. The van der Waals surface area contributed by atoms with Gasteiger partial charge in [-0.2, -0.15) is 0 Å². The first-order valence-corrected chi connectivity index (χ1v) is 10.7. The number of carbonyl (C=O) groups is 3.